The SMILES string of the molecule is O=C(NC1=CN(Cc2ccccc2)C=CC=C1OC(=O)c1cc(OCc2ccccc2)c(C(=O)c2ccc(OCc3ccccc3)c(C(=O)OCc3ccccc3)c2)c(OCc2ccccc2)c1)c1ccc(OCc2ccccc2)cc1. The van der Waals surface area contributed by atoms with Crippen LogP contribution in [0.4, 0.5) is 0 Å². The number of hydrogen-bond donors (Lipinski definition) is 1. The third-order valence-corrected chi connectivity index (χ3v) is 13.0. The van der Waals surface area contributed by atoms with E-state index in [1.807, 2.05) is 187 Å². The van der Waals surface area contributed by atoms with Gasteiger partial charge in [-0.3, -0.25) is 9.59 Å². The van der Waals surface area contributed by atoms with Gasteiger partial charge in [-0.2, -0.15) is 0 Å². The number of carbonyl (C=O) groups is 4. The highest BCUT2D eigenvalue weighted by atomic mass is 16.5. The number of hydrogen-bond acceptors (Lipinski definition) is 11. The summed E-state index contributed by atoms with van der Waals surface area (Å²) in [7, 11) is 0. The van der Waals surface area contributed by atoms with E-state index in [-0.39, 0.29) is 77.4 Å². The number of nitrogens with one attached hydrogen (secondary N) is 1. The Hall–Kier alpha value is -10.7. The number of ketones is 1. The molecule has 0 fully saturated rings. The molecule has 406 valence electrons. The molecule has 0 aliphatic carbocycles. The first-order valence-corrected chi connectivity index (χ1v) is 26.6. The van der Waals surface area contributed by atoms with Crippen LogP contribution < -0.4 is 24.3 Å². The van der Waals surface area contributed by atoms with Gasteiger partial charge in [0.2, 0.25) is 5.78 Å². The monoisotopic (exact) mass is 1080 g/mol. The summed E-state index contributed by atoms with van der Waals surface area (Å²) in [5.41, 5.74) is 5.75. The number of carbonyl (C=O) groups excluding carboxylic acids is 4. The van der Waals surface area contributed by atoms with E-state index in [1.165, 1.54) is 18.2 Å². The predicted octanol–water partition coefficient (Wildman–Crippen LogP) is 13.9. The summed E-state index contributed by atoms with van der Waals surface area (Å²) in [6.45, 7) is 0.893. The zero-order valence-corrected chi connectivity index (χ0v) is 44.6. The molecule has 0 unspecified atom stereocenters. The lowest BCUT2D eigenvalue weighted by Crippen LogP contribution is -2.27. The van der Waals surface area contributed by atoms with Crippen LogP contribution in [-0.2, 0) is 49.1 Å². The van der Waals surface area contributed by atoms with E-state index in [0.717, 1.165) is 33.4 Å². The molecular formula is C70H56N2O10. The van der Waals surface area contributed by atoms with Crippen molar-refractivity contribution < 1.29 is 47.6 Å². The highest BCUT2D eigenvalue weighted by Gasteiger charge is 2.28. The standard InChI is InChI=1S/C70H56N2O10/c73-67(57-35-38-62(78-46-52-24-11-3-12-25-52)60(40-57)70(76)81-49-55-30-17-6-18-31-55)66-64(79-47-53-26-13-4-14-27-53)41-58(42-65(66)80-48-54-28-15-5-16-29-54)69(75)82-63-32-19-39-72(43-50-20-7-1-8-21-50)44-61(63)71-68(74)56-33-36-59(37-34-56)77-45-51-22-9-2-10-23-51/h1-42,44H,43,45-49H2,(H,71,74). The Balaban J connectivity index is 0.990. The minimum absolute atomic E-state index is 0.00647. The van der Waals surface area contributed by atoms with Crippen LogP contribution in [0.1, 0.15) is 80.4 Å². The van der Waals surface area contributed by atoms with E-state index in [4.69, 9.17) is 28.4 Å². The molecule has 1 aliphatic rings. The van der Waals surface area contributed by atoms with Gasteiger partial charge in [0.1, 0.15) is 72.9 Å². The fourth-order valence-corrected chi connectivity index (χ4v) is 8.74. The third-order valence-electron chi connectivity index (χ3n) is 13.0. The number of nitrogens with zero attached hydrogens (tertiary/aromatic N) is 1. The molecule has 0 saturated carbocycles. The van der Waals surface area contributed by atoms with Gasteiger partial charge in [0, 0.05) is 30.1 Å². The first-order valence-electron chi connectivity index (χ1n) is 26.6. The quantitative estimate of drug-likeness (QED) is 0.0484. The van der Waals surface area contributed by atoms with Gasteiger partial charge in [0.15, 0.2) is 5.76 Å². The Morgan fingerprint density at radius 1 is 0.415 bits per heavy atom. The van der Waals surface area contributed by atoms with Crippen LogP contribution in [-0.4, -0.2) is 28.5 Å². The van der Waals surface area contributed by atoms with Crippen molar-refractivity contribution in [1.82, 2.24) is 10.2 Å². The average Bonchev–Trinajstić information content (AvgIpc) is 3.81. The molecule has 12 nitrogen and oxygen atoms in total. The lowest BCUT2D eigenvalue weighted by molar-refractivity contribution is 0.0467. The van der Waals surface area contributed by atoms with Gasteiger partial charge in [0.25, 0.3) is 5.91 Å². The number of allylic oxidation sites excluding steroid dienone is 2. The third kappa shape index (κ3) is 14.9. The van der Waals surface area contributed by atoms with E-state index in [1.54, 1.807) is 61.0 Å². The second-order valence-corrected chi connectivity index (χ2v) is 19.0. The second kappa shape index (κ2) is 27.2. The van der Waals surface area contributed by atoms with E-state index >= 15 is 4.79 Å². The Labute approximate surface area is 475 Å². The summed E-state index contributed by atoms with van der Waals surface area (Å²) >= 11 is 0. The molecule has 9 aromatic rings. The van der Waals surface area contributed by atoms with Crippen LogP contribution in [0.5, 0.6) is 23.0 Å². The van der Waals surface area contributed by atoms with Gasteiger partial charge in [0.05, 0.1) is 5.56 Å². The van der Waals surface area contributed by atoms with Crippen LogP contribution in [0.25, 0.3) is 0 Å². The van der Waals surface area contributed by atoms with Gasteiger partial charge < -0.3 is 38.6 Å². The highest BCUT2D eigenvalue weighted by Crippen LogP contribution is 2.37. The topological polar surface area (TPSA) is 139 Å². The van der Waals surface area contributed by atoms with Crippen molar-refractivity contribution in [2.24, 2.45) is 0 Å². The lowest BCUT2D eigenvalue weighted by Gasteiger charge is -2.20. The van der Waals surface area contributed by atoms with E-state index < -0.39 is 23.6 Å². The van der Waals surface area contributed by atoms with E-state index in [0.29, 0.717) is 24.5 Å². The zero-order valence-electron chi connectivity index (χ0n) is 44.6. The van der Waals surface area contributed by atoms with Gasteiger partial charge in [-0.05, 0) is 100 Å². The Morgan fingerprint density at radius 2 is 0.866 bits per heavy atom. The summed E-state index contributed by atoms with van der Waals surface area (Å²) in [5, 5.41) is 2.98. The van der Waals surface area contributed by atoms with Crippen molar-refractivity contribution >= 4 is 23.6 Å². The molecule has 9 aromatic carbocycles. The highest BCUT2D eigenvalue weighted by molar-refractivity contribution is 6.14. The summed E-state index contributed by atoms with van der Waals surface area (Å²) in [4.78, 5) is 60.3. The fraction of sp³-hybridized carbons (Fsp3) is 0.0857. The molecular weight excluding hydrogens is 1030 g/mol. The molecule has 0 bridgehead atoms. The smallest absolute Gasteiger partial charge is 0.343 e. The van der Waals surface area contributed by atoms with Gasteiger partial charge in [-0.15, -0.1) is 0 Å². The molecule has 1 heterocycles. The van der Waals surface area contributed by atoms with E-state index in [2.05, 4.69) is 5.32 Å². The molecule has 0 atom stereocenters. The zero-order chi connectivity index (χ0) is 56.3. The van der Waals surface area contributed by atoms with Crippen molar-refractivity contribution in [2.45, 2.75) is 39.6 Å². The van der Waals surface area contributed by atoms with Crippen molar-refractivity contribution in [1.29, 1.82) is 0 Å². The van der Waals surface area contributed by atoms with Crippen LogP contribution in [0.2, 0.25) is 0 Å². The molecule has 1 N–H and O–H groups in total. The van der Waals surface area contributed by atoms with Gasteiger partial charge in [-0.1, -0.05) is 182 Å². The molecule has 0 radical (unpaired) electrons. The molecule has 1 aliphatic heterocycles. The summed E-state index contributed by atoms with van der Waals surface area (Å²) in [5.74, 6) is -1.82. The minimum Gasteiger partial charge on any atom is -0.489 e. The average molecular weight is 1090 g/mol. The number of ether oxygens (including phenoxy) is 6. The maximum atomic E-state index is 15.4. The normalized spacial score (nSPS) is 11.7. The first-order chi connectivity index (χ1) is 40.3. The second-order valence-electron chi connectivity index (χ2n) is 19.0. The summed E-state index contributed by atoms with van der Waals surface area (Å²) in [6, 6.07) is 71.2. The van der Waals surface area contributed by atoms with Crippen molar-refractivity contribution in [3.05, 3.63) is 334 Å². The minimum atomic E-state index is -0.854. The molecule has 1 amide bonds. The first kappa shape index (κ1) is 54.6. The van der Waals surface area contributed by atoms with Crippen LogP contribution >= 0.6 is 0 Å². The molecule has 0 spiro atoms. The summed E-state index contributed by atoms with van der Waals surface area (Å²) < 4.78 is 37.4. The molecule has 10 rings (SSSR count). The molecule has 12 heteroatoms. The largest absolute Gasteiger partial charge is 0.489 e. The Kier molecular flexibility index (Phi) is 18.1. The van der Waals surface area contributed by atoms with Crippen molar-refractivity contribution in [3.8, 4) is 23.0 Å². The van der Waals surface area contributed by atoms with E-state index in [9.17, 15) is 14.4 Å². The van der Waals surface area contributed by atoms with Crippen molar-refractivity contribution in [3.63, 3.8) is 0 Å². The number of rotatable bonds is 23. The van der Waals surface area contributed by atoms with Crippen LogP contribution in [0.3, 0.4) is 0 Å². The Morgan fingerprint density at radius 3 is 1.38 bits per heavy atom. The van der Waals surface area contributed by atoms with Gasteiger partial charge >= 0.3 is 11.9 Å². The molecule has 82 heavy (non-hydrogen) atoms. The maximum absolute atomic E-state index is 15.4. The van der Waals surface area contributed by atoms with Crippen molar-refractivity contribution in [2.75, 3.05) is 0 Å². The Bertz CT molecular complexity index is 3660. The summed E-state index contributed by atoms with van der Waals surface area (Å²) in [6.07, 6.45) is 6.80. The fourth-order valence-electron chi connectivity index (χ4n) is 8.74. The molecule has 0 saturated heterocycles. The number of benzene rings is 9. The van der Waals surface area contributed by atoms with Crippen LogP contribution in [0.15, 0.2) is 273 Å². The number of esters is 2. The van der Waals surface area contributed by atoms with Gasteiger partial charge in [-0.25, -0.2) is 9.59 Å². The predicted molar refractivity (Wildman–Crippen MR) is 312 cm³/mol. The lowest BCUT2D eigenvalue weighted by atomic mass is 9.97. The van der Waals surface area contributed by atoms with Crippen LogP contribution in [0, 0.1) is 0 Å². The molecule has 0 aromatic heterocycles. The number of amides is 1. The maximum Gasteiger partial charge on any atom is 0.343 e.